The second-order valence-corrected chi connectivity index (χ2v) is 11.4. The lowest BCUT2D eigenvalue weighted by Gasteiger charge is -2.29. The van der Waals surface area contributed by atoms with Crippen molar-refractivity contribution in [2.24, 2.45) is 5.92 Å². The van der Waals surface area contributed by atoms with E-state index in [0.717, 1.165) is 35.6 Å². The van der Waals surface area contributed by atoms with Crippen LogP contribution in [0.4, 0.5) is 4.79 Å². The van der Waals surface area contributed by atoms with Gasteiger partial charge in [0.1, 0.15) is 6.10 Å². The Morgan fingerprint density at radius 3 is 2.44 bits per heavy atom. The molecule has 0 radical (unpaired) electrons. The van der Waals surface area contributed by atoms with Crippen LogP contribution in [0, 0.1) is 5.92 Å². The van der Waals surface area contributed by atoms with Crippen LogP contribution in [0.3, 0.4) is 0 Å². The van der Waals surface area contributed by atoms with E-state index in [1.807, 2.05) is 61.2 Å². The summed E-state index contributed by atoms with van der Waals surface area (Å²) in [5.74, 6) is 1.86. The zero-order valence-corrected chi connectivity index (χ0v) is 20.8. The summed E-state index contributed by atoms with van der Waals surface area (Å²) in [6.07, 6.45) is 7.71. The van der Waals surface area contributed by atoms with Crippen molar-refractivity contribution in [1.82, 2.24) is 5.32 Å². The van der Waals surface area contributed by atoms with Gasteiger partial charge in [-0.1, -0.05) is 66.7 Å². The van der Waals surface area contributed by atoms with Gasteiger partial charge in [0.05, 0.1) is 5.37 Å². The highest BCUT2D eigenvalue weighted by molar-refractivity contribution is 7.99. The average Bonchev–Trinajstić information content (AvgIpc) is 3.59. The summed E-state index contributed by atoms with van der Waals surface area (Å²) in [4.78, 5) is 12.9. The predicted octanol–water partition coefficient (Wildman–Crippen LogP) is 8.15. The predicted molar refractivity (Wildman–Crippen MR) is 135 cm³/mol. The summed E-state index contributed by atoms with van der Waals surface area (Å²) >= 11 is 14.4. The molecule has 2 saturated carbocycles. The number of thioether (sulfide) groups is 1. The van der Waals surface area contributed by atoms with Gasteiger partial charge in [-0.15, -0.1) is 11.8 Å². The molecule has 2 aliphatic carbocycles. The van der Waals surface area contributed by atoms with E-state index in [1.165, 1.54) is 32.1 Å². The standard InChI is InChI=1S/C26H31Cl2NO2S/c1-18(32-17-19-7-3-2-4-8-19)29-25(30)31-24(20-9-5-11-22(27)15-20)26(13-14-26)21-10-6-12-23(28)16-21/h5-6,9-12,15-16,18-19,24H,2-4,7-8,13-14,17H2,1H3,(H,29,30). The molecule has 3 nitrogen and oxygen atoms in total. The third kappa shape index (κ3) is 5.95. The maximum Gasteiger partial charge on any atom is 0.408 e. The molecule has 32 heavy (non-hydrogen) atoms. The molecule has 1 amide bonds. The minimum absolute atomic E-state index is 0.00533. The van der Waals surface area contributed by atoms with Crippen molar-refractivity contribution >= 4 is 41.1 Å². The smallest absolute Gasteiger partial charge is 0.408 e. The first kappa shape index (κ1) is 23.8. The zero-order valence-electron chi connectivity index (χ0n) is 18.5. The molecule has 4 rings (SSSR count). The van der Waals surface area contributed by atoms with Crippen LogP contribution in [0.15, 0.2) is 48.5 Å². The average molecular weight is 493 g/mol. The quantitative estimate of drug-likeness (QED) is 0.378. The minimum atomic E-state index is -0.421. The van der Waals surface area contributed by atoms with Crippen molar-refractivity contribution in [3.05, 3.63) is 69.7 Å². The Hall–Kier alpha value is -1.36. The molecular weight excluding hydrogens is 461 g/mol. The monoisotopic (exact) mass is 491 g/mol. The summed E-state index contributed by atoms with van der Waals surface area (Å²) in [5, 5.41) is 4.37. The molecule has 2 atom stereocenters. The number of amides is 1. The first-order valence-corrected chi connectivity index (χ1v) is 13.4. The lowest BCUT2D eigenvalue weighted by molar-refractivity contribution is 0.0739. The second kappa shape index (κ2) is 10.7. The van der Waals surface area contributed by atoms with Crippen LogP contribution in [0.5, 0.6) is 0 Å². The first-order valence-electron chi connectivity index (χ1n) is 11.6. The van der Waals surface area contributed by atoms with Gasteiger partial charge >= 0.3 is 6.09 Å². The molecule has 172 valence electrons. The molecular formula is C26H31Cl2NO2S. The molecule has 0 aromatic heterocycles. The number of carbonyl (C=O) groups is 1. The number of nitrogens with one attached hydrogen (secondary N) is 1. The Labute approximate surface area is 205 Å². The Balaban J connectivity index is 1.45. The Morgan fingerprint density at radius 2 is 1.78 bits per heavy atom. The normalized spacial score (nSPS) is 19.7. The summed E-state index contributed by atoms with van der Waals surface area (Å²) in [7, 11) is 0. The third-order valence-corrected chi connectivity index (χ3v) is 8.45. The molecule has 1 N–H and O–H groups in total. The zero-order chi connectivity index (χ0) is 22.6. The Kier molecular flexibility index (Phi) is 7.96. The lowest BCUT2D eigenvalue weighted by Crippen LogP contribution is -2.35. The minimum Gasteiger partial charge on any atom is -0.440 e. The highest BCUT2D eigenvalue weighted by Gasteiger charge is 2.53. The topological polar surface area (TPSA) is 38.3 Å². The van der Waals surface area contributed by atoms with Crippen molar-refractivity contribution in [2.45, 2.75) is 68.8 Å². The van der Waals surface area contributed by atoms with E-state index in [4.69, 9.17) is 27.9 Å². The number of ether oxygens (including phenoxy) is 1. The van der Waals surface area contributed by atoms with Gasteiger partial charge in [0, 0.05) is 15.5 Å². The maximum absolute atomic E-state index is 12.9. The van der Waals surface area contributed by atoms with E-state index in [2.05, 4.69) is 11.4 Å². The first-order chi connectivity index (χ1) is 15.5. The van der Waals surface area contributed by atoms with Crippen LogP contribution in [0.25, 0.3) is 0 Å². The molecule has 0 saturated heterocycles. The molecule has 2 fully saturated rings. The fourth-order valence-corrected chi connectivity index (χ4v) is 6.25. The molecule has 2 aliphatic rings. The van der Waals surface area contributed by atoms with Gasteiger partial charge in [0.2, 0.25) is 0 Å². The lowest BCUT2D eigenvalue weighted by atomic mass is 9.86. The van der Waals surface area contributed by atoms with E-state index in [-0.39, 0.29) is 16.9 Å². The van der Waals surface area contributed by atoms with Gasteiger partial charge in [-0.25, -0.2) is 4.79 Å². The number of alkyl carbamates (subject to hydrolysis) is 1. The molecule has 0 bridgehead atoms. The SMILES string of the molecule is CC(NC(=O)OC(c1cccc(Cl)c1)C1(c2cccc(Cl)c2)CC1)SCC1CCCCC1. The van der Waals surface area contributed by atoms with Gasteiger partial charge in [-0.05, 0) is 79.7 Å². The van der Waals surface area contributed by atoms with E-state index in [0.29, 0.717) is 10.0 Å². The van der Waals surface area contributed by atoms with E-state index >= 15 is 0 Å². The van der Waals surface area contributed by atoms with Crippen LogP contribution >= 0.6 is 35.0 Å². The van der Waals surface area contributed by atoms with Crippen LogP contribution in [0.2, 0.25) is 10.0 Å². The van der Waals surface area contributed by atoms with E-state index in [1.54, 1.807) is 0 Å². The molecule has 2 aromatic carbocycles. The molecule has 0 spiro atoms. The van der Waals surface area contributed by atoms with Crippen LogP contribution < -0.4 is 5.32 Å². The molecule has 6 heteroatoms. The number of hydrogen-bond donors (Lipinski definition) is 1. The number of benzene rings is 2. The van der Waals surface area contributed by atoms with E-state index < -0.39 is 6.10 Å². The van der Waals surface area contributed by atoms with Gasteiger partial charge in [0.25, 0.3) is 0 Å². The van der Waals surface area contributed by atoms with Crippen LogP contribution in [-0.4, -0.2) is 17.2 Å². The van der Waals surface area contributed by atoms with Crippen molar-refractivity contribution < 1.29 is 9.53 Å². The van der Waals surface area contributed by atoms with Crippen molar-refractivity contribution in [3.8, 4) is 0 Å². The Morgan fingerprint density at radius 1 is 1.09 bits per heavy atom. The molecule has 2 aromatic rings. The van der Waals surface area contributed by atoms with Crippen molar-refractivity contribution in [1.29, 1.82) is 0 Å². The fourth-order valence-electron chi connectivity index (χ4n) is 4.79. The number of hydrogen-bond acceptors (Lipinski definition) is 3. The van der Waals surface area contributed by atoms with Gasteiger partial charge in [0.15, 0.2) is 0 Å². The van der Waals surface area contributed by atoms with Gasteiger partial charge < -0.3 is 10.1 Å². The summed E-state index contributed by atoms with van der Waals surface area (Å²) in [6, 6.07) is 15.5. The van der Waals surface area contributed by atoms with Crippen molar-refractivity contribution in [3.63, 3.8) is 0 Å². The number of carbonyl (C=O) groups excluding carboxylic acids is 1. The summed E-state index contributed by atoms with van der Waals surface area (Å²) in [5.41, 5.74) is 1.74. The largest absolute Gasteiger partial charge is 0.440 e. The number of halogens is 2. The van der Waals surface area contributed by atoms with Crippen molar-refractivity contribution in [2.75, 3.05) is 5.75 Å². The highest BCUT2D eigenvalue weighted by Crippen LogP contribution is 2.58. The maximum atomic E-state index is 12.9. The van der Waals surface area contributed by atoms with Crippen LogP contribution in [0.1, 0.15) is 69.1 Å². The summed E-state index contributed by atoms with van der Waals surface area (Å²) < 4.78 is 6.11. The fraction of sp³-hybridized carbons (Fsp3) is 0.500. The second-order valence-electron chi connectivity index (χ2n) is 9.13. The highest BCUT2D eigenvalue weighted by atomic mass is 35.5. The third-order valence-electron chi connectivity index (χ3n) is 6.69. The number of rotatable bonds is 8. The van der Waals surface area contributed by atoms with Gasteiger partial charge in [-0.3, -0.25) is 0 Å². The molecule has 2 unspecified atom stereocenters. The Bertz CT molecular complexity index is 928. The molecule has 0 aliphatic heterocycles. The van der Waals surface area contributed by atoms with Gasteiger partial charge in [-0.2, -0.15) is 0 Å². The van der Waals surface area contributed by atoms with Crippen LogP contribution in [-0.2, 0) is 10.2 Å². The molecule has 0 heterocycles. The summed E-state index contributed by atoms with van der Waals surface area (Å²) in [6.45, 7) is 2.03. The van der Waals surface area contributed by atoms with E-state index in [9.17, 15) is 4.79 Å².